The van der Waals surface area contributed by atoms with Crippen molar-refractivity contribution in [1.29, 1.82) is 5.41 Å². The van der Waals surface area contributed by atoms with Crippen LogP contribution in [0.5, 0.6) is 0 Å². The predicted octanol–water partition coefficient (Wildman–Crippen LogP) is 1.90. The summed E-state index contributed by atoms with van der Waals surface area (Å²) < 4.78 is 1.53. The smallest absolute Gasteiger partial charge is 0.157 e. The Morgan fingerprint density at radius 2 is 1.59 bits per heavy atom. The molecule has 1 heterocycles. The van der Waals surface area contributed by atoms with Gasteiger partial charge in [-0.2, -0.15) is 4.68 Å². The zero-order valence-electron chi connectivity index (χ0n) is 9.04. The van der Waals surface area contributed by atoms with Crippen molar-refractivity contribution >= 4 is 10.9 Å². The number of hydrogen-bond acceptors (Lipinski definition) is 3. The minimum Gasteiger partial charge on any atom is -0.282 e. The molecule has 1 aromatic heterocycles. The summed E-state index contributed by atoms with van der Waals surface area (Å²) >= 11 is 0. The first kappa shape index (κ1) is 9.72. The molecule has 3 aromatic rings. The van der Waals surface area contributed by atoms with Gasteiger partial charge in [0.2, 0.25) is 0 Å². The normalized spacial score (nSPS) is 10.6. The molecule has 0 saturated carbocycles. The van der Waals surface area contributed by atoms with Gasteiger partial charge in [-0.05, 0) is 24.3 Å². The molecule has 0 spiro atoms. The summed E-state index contributed by atoms with van der Waals surface area (Å²) in [5, 5.41) is 17.1. The molecule has 0 fully saturated rings. The fraction of sp³-hybridized carbons (Fsp3) is 0. The van der Waals surface area contributed by atoms with Gasteiger partial charge >= 0.3 is 0 Å². The Hall–Kier alpha value is -2.49. The van der Waals surface area contributed by atoms with Crippen molar-refractivity contribution in [3.05, 3.63) is 60.1 Å². The van der Waals surface area contributed by atoms with E-state index in [4.69, 9.17) is 5.41 Å². The predicted molar refractivity (Wildman–Crippen MR) is 64.7 cm³/mol. The molecule has 4 heteroatoms. The summed E-state index contributed by atoms with van der Waals surface area (Å²) in [7, 11) is 0. The van der Waals surface area contributed by atoms with Gasteiger partial charge in [-0.15, -0.1) is 5.10 Å². The maximum atomic E-state index is 8.14. The first-order valence-electron chi connectivity index (χ1n) is 5.31. The highest BCUT2D eigenvalue weighted by atomic mass is 15.4. The molecule has 0 saturated heterocycles. The van der Waals surface area contributed by atoms with E-state index in [0.717, 1.165) is 16.6 Å². The van der Waals surface area contributed by atoms with Gasteiger partial charge in [-0.25, -0.2) is 0 Å². The third-order valence-electron chi connectivity index (χ3n) is 2.61. The third kappa shape index (κ3) is 1.59. The standard InChI is InChI=1S/C13H10N4/c14-13-11-8-4-5-9-12(11)15-16-17(13)10-6-2-1-3-7-10/h1-9,14H. The van der Waals surface area contributed by atoms with Gasteiger partial charge in [0.15, 0.2) is 5.49 Å². The van der Waals surface area contributed by atoms with Crippen LogP contribution in [-0.4, -0.2) is 15.0 Å². The molecule has 1 N–H and O–H groups in total. The summed E-state index contributed by atoms with van der Waals surface area (Å²) in [6.45, 7) is 0. The molecule has 0 amide bonds. The van der Waals surface area contributed by atoms with Crippen LogP contribution in [0.2, 0.25) is 0 Å². The minimum absolute atomic E-state index is 0.349. The highest BCUT2D eigenvalue weighted by Gasteiger charge is 2.02. The second kappa shape index (κ2) is 3.83. The zero-order valence-corrected chi connectivity index (χ0v) is 9.04. The van der Waals surface area contributed by atoms with Crippen LogP contribution in [0.15, 0.2) is 54.6 Å². The van der Waals surface area contributed by atoms with Crippen LogP contribution in [0, 0.1) is 5.41 Å². The zero-order chi connectivity index (χ0) is 11.7. The fourth-order valence-electron chi connectivity index (χ4n) is 1.76. The van der Waals surface area contributed by atoms with E-state index in [1.165, 1.54) is 4.68 Å². The molecule has 2 aromatic carbocycles. The van der Waals surface area contributed by atoms with Crippen molar-refractivity contribution in [1.82, 2.24) is 15.0 Å². The van der Waals surface area contributed by atoms with Gasteiger partial charge in [0, 0.05) is 5.39 Å². The summed E-state index contributed by atoms with van der Waals surface area (Å²) in [4.78, 5) is 0. The highest BCUT2D eigenvalue weighted by molar-refractivity contribution is 5.76. The van der Waals surface area contributed by atoms with E-state index >= 15 is 0 Å². The van der Waals surface area contributed by atoms with Crippen LogP contribution >= 0.6 is 0 Å². The van der Waals surface area contributed by atoms with Crippen molar-refractivity contribution in [2.24, 2.45) is 0 Å². The Morgan fingerprint density at radius 1 is 0.882 bits per heavy atom. The molecule has 3 rings (SSSR count). The van der Waals surface area contributed by atoms with E-state index in [1.807, 2.05) is 54.6 Å². The molecular formula is C13H10N4. The number of benzene rings is 2. The molecular weight excluding hydrogens is 212 g/mol. The number of nitrogens with zero attached hydrogens (tertiary/aromatic N) is 3. The second-order valence-corrected chi connectivity index (χ2v) is 3.70. The summed E-state index contributed by atoms with van der Waals surface area (Å²) in [5.74, 6) is 0. The Kier molecular flexibility index (Phi) is 2.19. The van der Waals surface area contributed by atoms with Gasteiger partial charge in [-0.1, -0.05) is 35.5 Å². The van der Waals surface area contributed by atoms with Gasteiger partial charge in [0.25, 0.3) is 0 Å². The molecule has 0 radical (unpaired) electrons. The van der Waals surface area contributed by atoms with E-state index in [9.17, 15) is 0 Å². The van der Waals surface area contributed by atoms with E-state index in [1.54, 1.807) is 0 Å². The van der Waals surface area contributed by atoms with Crippen molar-refractivity contribution in [3.63, 3.8) is 0 Å². The monoisotopic (exact) mass is 222 g/mol. The molecule has 0 atom stereocenters. The average molecular weight is 222 g/mol. The summed E-state index contributed by atoms with van der Waals surface area (Å²) in [6.07, 6.45) is 0. The number of hydrogen-bond donors (Lipinski definition) is 1. The van der Waals surface area contributed by atoms with E-state index in [2.05, 4.69) is 10.3 Å². The Morgan fingerprint density at radius 3 is 2.41 bits per heavy atom. The number of nitrogens with one attached hydrogen (secondary N) is 1. The minimum atomic E-state index is 0.349. The molecule has 0 unspecified atom stereocenters. The van der Waals surface area contributed by atoms with Crippen LogP contribution < -0.4 is 5.49 Å². The molecule has 82 valence electrons. The van der Waals surface area contributed by atoms with Gasteiger partial charge in [0.05, 0.1) is 11.2 Å². The lowest BCUT2D eigenvalue weighted by molar-refractivity contribution is 0.716. The largest absolute Gasteiger partial charge is 0.282 e. The molecule has 4 nitrogen and oxygen atoms in total. The molecule has 0 aliphatic carbocycles. The van der Waals surface area contributed by atoms with E-state index in [-0.39, 0.29) is 0 Å². The topological polar surface area (TPSA) is 54.6 Å². The van der Waals surface area contributed by atoms with Crippen molar-refractivity contribution in [2.45, 2.75) is 0 Å². The maximum Gasteiger partial charge on any atom is 0.157 e. The van der Waals surface area contributed by atoms with Crippen molar-refractivity contribution in [2.75, 3.05) is 0 Å². The number of rotatable bonds is 1. The van der Waals surface area contributed by atoms with Crippen LogP contribution in [0.4, 0.5) is 0 Å². The molecule has 17 heavy (non-hydrogen) atoms. The van der Waals surface area contributed by atoms with Crippen molar-refractivity contribution in [3.8, 4) is 5.69 Å². The lowest BCUT2D eigenvalue weighted by Gasteiger charge is -2.05. The van der Waals surface area contributed by atoms with E-state index < -0.39 is 0 Å². The second-order valence-electron chi connectivity index (χ2n) is 3.70. The van der Waals surface area contributed by atoms with Crippen LogP contribution in [0.3, 0.4) is 0 Å². The van der Waals surface area contributed by atoms with Gasteiger partial charge in [0.1, 0.15) is 0 Å². The lowest BCUT2D eigenvalue weighted by Crippen LogP contribution is -2.22. The SMILES string of the molecule is N=c1c2ccccc2nnn1-c1ccccc1. The number of aromatic nitrogens is 3. The quantitative estimate of drug-likeness (QED) is 0.683. The molecule has 0 aliphatic rings. The Bertz CT molecular complexity index is 716. The summed E-state index contributed by atoms with van der Waals surface area (Å²) in [6, 6.07) is 17.1. The third-order valence-corrected chi connectivity index (χ3v) is 2.61. The van der Waals surface area contributed by atoms with Crippen LogP contribution in [-0.2, 0) is 0 Å². The number of para-hydroxylation sites is 1. The maximum absolute atomic E-state index is 8.14. The Balaban J connectivity index is 2.33. The first-order valence-corrected chi connectivity index (χ1v) is 5.31. The average Bonchev–Trinajstić information content (AvgIpc) is 2.40. The molecule has 0 aliphatic heterocycles. The fourth-order valence-corrected chi connectivity index (χ4v) is 1.76. The molecule has 0 bridgehead atoms. The van der Waals surface area contributed by atoms with E-state index in [0.29, 0.717) is 5.49 Å². The lowest BCUT2D eigenvalue weighted by atomic mass is 10.2. The van der Waals surface area contributed by atoms with Crippen molar-refractivity contribution < 1.29 is 0 Å². The van der Waals surface area contributed by atoms with Crippen LogP contribution in [0.1, 0.15) is 0 Å². The highest BCUT2D eigenvalue weighted by Crippen LogP contribution is 2.06. The Labute approximate surface area is 97.7 Å². The van der Waals surface area contributed by atoms with Crippen LogP contribution in [0.25, 0.3) is 16.6 Å². The first-order chi connectivity index (χ1) is 8.36. The van der Waals surface area contributed by atoms with Gasteiger partial charge in [-0.3, -0.25) is 5.41 Å². The van der Waals surface area contributed by atoms with Gasteiger partial charge < -0.3 is 0 Å². The number of fused-ring (bicyclic) bond motifs is 1. The summed E-state index contributed by atoms with van der Waals surface area (Å²) in [5.41, 5.74) is 1.93.